The van der Waals surface area contributed by atoms with Crippen molar-refractivity contribution in [2.75, 3.05) is 0 Å². The molecule has 1 aromatic heterocycles. The van der Waals surface area contributed by atoms with E-state index in [9.17, 15) is 0 Å². The maximum absolute atomic E-state index is 5.14. The fraction of sp³-hybridized carbons (Fsp3) is 0.0189. The third-order valence-electron chi connectivity index (χ3n) is 11.6. The van der Waals surface area contributed by atoms with Crippen molar-refractivity contribution in [3.8, 4) is 78.4 Å². The highest BCUT2D eigenvalue weighted by Gasteiger charge is 2.51. The highest BCUT2D eigenvalue weighted by atomic mass is 14.9. The number of aromatic nitrogens is 2. The molecule has 2 aliphatic carbocycles. The van der Waals surface area contributed by atoms with Crippen molar-refractivity contribution in [1.82, 2.24) is 9.97 Å². The van der Waals surface area contributed by atoms with E-state index in [4.69, 9.17) is 9.97 Å². The number of rotatable bonds is 5. The van der Waals surface area contributed by atoms with Gasteiger partial charge in [0.1, 0.15) is 0 Å². The zero-order valence-electron chi connectivity index (χ0n) is 30.0. The second-order valence-corrected chi connectivity index (χ2v) is 14.5. The van der Waals surface area contributed by atoms with Crippen LogP contribution in [-0.2, 0) is 5.41 Å². The smallest absolute Gasteiger partial charge is 0.160 e. The predicted molar refractivity (Wildman–Crippen MR) is 226 cm³/mol. The minimum absolute atomic E-state index is 0.331. The van der Waals surface area contributed by atoms with Crippen LogP contribution in [0, 0.1) is 0 Å². The molecular formula is C53H34N2. The maximum Gasteiger partial charge on any atom is 0.160 e. The van der Waals surface area contributed by atoms with Crippen LogP contribution in [-0.4, -0.2) is 9.97 Å². The number of benzene rings is 8. The van der Waals surface area contributed by atoms with E-state index in [-0.39, 0.29) is 5.41 Å². The third-order valence-corrected chi connectivity index (χ3v) is 11.6. The summed E-state index contributed by atoms with van der Waals surface area (Å²) in [5.41, 5.74) is 20.0. The minimum Gasteiger partial charge on any atom is -0.228 e. The summed E-state index contributed by atoms with van der Waals surface area (Å²) in [6.07, 6.45) is 0. The van der Waals surface area contributed by atoms with Crippen LogP contribution in [0.5, 0.6) is 0 Å². The molecule has 0 N–H and O–H groups in total. The average Bonchev–Trinajstić information content (AvgIpc) is 3.74. The molecule has 11 rings (SSSR count). The van der Waals surface area contributed by atoms with Gasteiger partial charge < -0.3 is 0 Å². The Labute approximate surface area is 321 Å². The van der Waals surface area contributed by atoms with Gasteiger partial charge in [0.05, 0.1) is 16.8 Å². The Kier molecular flexibility index (Phi) is 7.11. The van der Waals surface area contributed by atoms with Crippen molar-refractivity contribution in [3.05, 3.63) is 229 Å². The molecule has 2 nitrogen and oxygen atoms in total. The zero-order valence-corrected chi connectivity index (χ0v) is 30.0. The zero-order chi connectivity index (χ0) is 36.3. The lowest BCUT2D eigenvalue weighted by Crippen LogP contribution is -2.25. The first-order valence-electron chi connectivity index (χ1n) is 18.9. The molecule has 0 radical (unpaired) electrons. The monoisotopic (exact) mass is 698 g/mol. The molecule has 0 amide bonds. The predicted octanol–water partition coefficient (Wildman–Crippen LogP) is 13.2. The first-order chi connectivity index (χ1) is 27.3. The van der Waals surface area contributed by atoms with Crippen molar-refractivity contribution in [2.24, 2.45) is 0 Å². The van der Waals surface area contributed by atoms with Crippen LogP contribution in [0.25, 0.3) is 78.4 Å². The van der Waals surface area contributed by atoms with E-state index in [1.165, 1.54) is 61.2 Å². The summed E-state index contributed by atoms with van der Waals surface area (Å²) in [5.74, 6) is 0.707. The summed E-state index contributed by atoms with van der Waals surface area (Å²) in [6.45, 7) is 0. The molecule has 0 saturated heterocycles. The van der Waals surface area contributed by atoms with E-state index < -0.39 is 0 Å². The summed E-state index contributed by atoms with van der Waals surface area (Å²) >= 11 is 0. The van der Waals surface area contributed by atoms with Crippen molar-refractivity contribution >= 4 is 0 Å². The highest BCUT2D eigenvalue weighted by Crippen LogP contribution is 2.62. The number of fused-ring (bicyclic) bond motifs is 10. The van der Waals surface area contributed by atoms with Gasteiger partial charge >= 0.3 is 0 Å². The lowest BCUT2D eigenvalue weighted by molar-refractivity contribution is 0.794. The largest absolute Gasteiger partial charge is 0.228 e. The maximum atomic E-state index is 5.14. The number of nitrogens with zero attached hydrogens (tertiary/aromatic N) is 2. The van der Waals surface area contributed by atoms with Crippen molar-refractivity contribution in [3.63, 3.8) is 0 Å². The second kappa shape index (κ2) is 12.5. The van der Waals surface area contributed by atoms with E-state index in [1.54, 1.807) is 0 Å². The standard InChI is InChI=1S/C53H34N2/c1-3-13-35(14-4-1)36-23-27-39(28-24-36)51-34-50(38-15-5-2-6-16-38)54-52(55-51)40-29-25-37(26-30-40)41-31-32-49-45(33-41)44-19-9-12-22-48(44)53(49)46-20-10-7-17-42(46)43-18-8-11-21-47(43)53/h1-34H. The Morgan fingerprint density at radius 3 is 1.18 bits per heavy atom. The van der Waals surface area contributed by atoms with Gasteiger partial charge in [-0.05, 0) is 78.9 Å². The van der Waals surface area contributed by atoms with Crippen molar-refractivity contribution in [2.45, 2.75) is 5.41 Å². The van der Waals surface area contributed by atoms with Gasteiger partial charge in [-0.2, -0.15) is 0 Å². The lowest BCUT2D eigenvalue weighted by Gasteiger charge is -2.30. The molecule has 2 heteroatoms. The van der Waals surface area contributed by atoms with E-state index in [0.29, 0.717) is 5.82 Å². The molecule has 9 aromatic rings. The van der Waals surface area contributed by atoms with Crippen LogP contribution in [0.3, 0.4) is 0 Å². The van der Waals surface area contributed by atoms with Gasteiger partial charge in [-0.15, -0.1) is 0 Å². The van der Waals surface area contributed by atoms with Crippen LogP contribution in [0.15, 0.2) is 206 Å². The first kappa shape index (κ1) is 31.4. The number of hydrogen-bond donors (Lipinski definition) is 0. The molecule has 256 valence electrons. The van der Waals surface area contributed by atoms with Crippen molar-refractivity contribution in [1.29, 1.82) is 0 Å². The highest BCUT2D eigenvalue weighted by molar-refractivity contribution is 5.96. The SMILES string of the molecule is c1ccc(-c2ccc(-c3cc(-c4ccccc4)nc(-c4ccc(-c5ccc6c(c5)-c5ccccc5C65c6ccccc6-c6ccccc65)cc4)n3)cc2)cc1. The van der Waals surface area contributed by atoms with Gasteiger partial charge in [-0.25, -0.2) is 9.97 Å². The van der Waals surface area contributed by atoms with Gasteiger partial charge in [0.2, 0.25) is 0 Å². The quantitative estimate of drug-likeness (QED) is 0.179. The summed E-state index contributed by atoms with van der Waals surface area (Å²) in [7, 11) is 0. The third kappa shape index (κ3) is 4.89. The Bertz CT molecular complexity index is 2850. The van der Waals surface area contributed by atoms with Crippen LogP contribution >= 0.6 is 0 Å². The summed E-state index contributed by atoms with van der Waals surface area (Å²) < 4.78 is 0. The Balaban J connectivity index is 0.988. The molecule has 0 fully saturated rings. The molecule has 0 aliphatic heterocycles. The van der Waals surface area contributed by atoms with Crippen LogP contribution in [0.2, 0.25) is 0 Å². The normalized spacial score (nSPS) is 12.9. The first-order valence-corrected chi connectivity index (χ1v) is 18.9. The van der Waals surface area contributed by atoms with E-state index in [2.05, 4.69) is 194 Å². The summed E-state index contributed by atoms with van der Waals surface area (Å²) in [6, 6.07) is 74.3. The second-order valence-electron chi connectivity index (χ2n) is 14.5. The fourth-order valence-electron chi connectivity index (χ4n) is 9.04. The van der Waals surface area contributed by atoms with Crippen LogP contribution < -0.4 is 0 Å². The number of hydrogen-bond acceptors (Lipinski definition) is 2. The van der Waals surface area contributed by atoms with Gasteiger partial charge in [0.25, 0.3) is 0 Å². The molecule has 55 heavy (non-hydrogen) atoms. The molecule has 0 saturated carbocycles. The summed E-state index contributed by atoms with van der Waals surface area (Å²) in [4.78, 5) is 10.2. The molecule has 1 heterocycles. The molecule has 0 atom stereocenters. The van der Waals surface area contributed by atoms with E-state index in [1.807, 2.05) is 12.1 Å². The fourth-order valence-corrected chi connectivity index (χ4v) is 9.04. The van der Waals surface area contributed by atoms with Gasteiger partial charge in [-0.3, -0.25) is 0 Å². The molecular weight excluding hydrogens is 665 g/mol. The lowest BCUT2D eigenvalue weighted by atomic mass is 9.70. The van der Waals surface area contributed by atoms with Crippen molar-refractivity contribution < 1.29 is 0 Å². The molecule has 1 spiro atoms. The Hall–Kier alpha value is -7.16. The molecule has 8 aromatic carbocycles. The summed E-state index contributed by atoms with van der Waals surface area (Å²) in [5, 5.41) is 0. The van der Waals surface area contributed by atoms with Gasteiger partial charge in [-0.1, -0.05) is 194 Å². The van der Waals surface area contributed by atoms with E-state index >= 15 is 0 Å². The topological polar surface area (TPSA) is 25.8 Å². The molecule has 2 aliphatic rings. The van der Waals surface area contributed by atoms with Crippen LogP contribution in [0.1, 0.15) is 22.3 Å². The molecule has 0 bridgehead atoms. The average molecular weight is 699 g/mol. The van der Waals surface area contributed by atoms with E-state index in [0.717, 1.165) is 33.6 Å². The minimum atomic E-state index is -0.331. The Morgan fingerprint density at radius 1 is 0.255 bits per heavy atom. The van der Waals surface area contributed by atoms with Gasteiger partial charge in [0, 0.05) is 16.7 Å². The van der Waals surface area contributed by atoms with Gasteiger partial charge in [0.15, 0.2) is 5.82 Å². The van der Waals surface area contributed by atoms with Crippen LogP contribution in [0.4, 0.5) is 0 Å². The Morgan fingerprint density at radius 2 is 0.618 bits per heavy atom. The molecule has 0 unspecified atom stereocenters.